The molecule has 4 heterocycles. The van der Waals surface area contributed by atoms with Crippen LogP contribution >= 0.6 is 0 Å². The van der Waals surface area contributed by atoms with Gasteiger partial charge in [-0.3, -0.25) is 14.7 Å². The molecule has 0 bridgehead atoms. The SMILES string of the molecule is CC1(C)CNCc2cc(NC(=O)c3cccnc3NC(c3ccncc3)N3CCOCC3)ccc21. The minimum atomic E-state index is -0.195. The van der Waals surface area contributed by atoms with Crippen molar-refractivity contribution in [1.29, 1.82) is 0 Å². The first-order chi connectivity index (χ1) is 17.0. The van der Waals surface area contributed by atoms with E-state index in [1.165, 1.54) is 11.1 Å². The van der Waals surface area contributed by atoms with Gasteiger partial charge in [-0.05, 0) is 53.1 Å². The van der Waals surface area contributed by atoms with Gasteiger partial charge in [0.1, 0.15) is 12.0 Å². The van der Waals surface area contributed by atoms with E-state index in [9.17, 15) is 4.79 Å². The fraction of sp³-hybridized carbons (Fsp3) is 0.370. The zero-order valence-corrected chi connectivity index (χ0v) is 20.3. The molecule has 1 saturated heterocycles. The average molecular weight is 473 g/mol. The third-order valence-corrected chi connectivity index (χ3v) is 6.73. The van der Waals surface area contributed by atoms with Gasteiger partial charge in [-0.15, -0.1) is 0 Å². The number of amides is 1. The summed E-state index contributed by atoms with van der Waals surface area (Å²) < 4.78 is 5.55. The first-order valence-electron chi connectivity index (χ1n) is 12.1. The number of rotatable bonds is 6. The van der Waals surface area contributed by atoms with Gasteiger partial charge in [0.2, 0.25) is 0 Å². The summed E-state index contributed by atoms with van der Waals surface area (Å²) in [5.41, 5.74) is 4.94. The predicted octanol–water partition coefficient (Wildman–Crippen LogP) is 3.55. The van der Waals surface area contributed by atoms with Crippen LogP contribution < -0.4 is 16.0 Å². The quantitative estimate of drug-likeness (QED) is 0.505. The standard InChI is InChI=1S/C27H32N6O2/c1-27(2)18-29-17-20-16-21(5-6-23(20)27)31-26(34)22-4-3-9-30-24(22)32-25(19-7-10-28-11-8-19)33-12-14-35-15-13-33/h3-11,16,25,29H,12-15,17-18H2,1-2H3,(H,30,32)(H,31,34). The summed E-state index contributed by atoms with van der Waals surface area (Å²) in [7, 11) is 0. The van der Waals surface area contributed by atoms with E-state index in [1.54, 1.807) is 30.7 Å². The van der Waals surface area contributed by atoms with Crippen molar-refractivity contribution in [3.05, 3.63) is 83.3 Å². The number of morpholine rings is 1. The highest BCUT2D eigenvalue weighted by atomic mass is 16.5. The third kappa shape index (κ3) is 5.19. The Labute approximate surface area is 206 Å². The van der Waals surface area contributed by atoms with Crippen LogP contribution in [0.15, 0.2) is 61.1 Å². The Morgan fingerprint density at radius 3 is 2.71 bits per heavy atom. The summed E-state index contributed by atoms with van der Waals surface area (Å²) in [6.07, 6.45) is 5.11. The van der Waals surface area contributed by atoms with Crippen LogP contribution in [0.3, 0.4) is 0 Å². The average Bonchev–Trinajstić information content (AvgIpc) is 2.88. The molecule has 0 saturated carbocycles. The fourth-order valence-electron chi connectivity index (χ4n) is 4.88. The summed E-state index contributed by atoms with van der Waals surface area (Å²) in [6.45, 7) is 9.12. The van der Waals surface area contributed by atoms with Crippen molar-refractivity contribution in [3.63, 3.8) is 0 Å². The van der Waals surface area contributed by atoms with Crippen LogP contribution in [0.25, 0.3) is 0 Å². The molecule has 1 fully saturated rings. The maximum absolute atomic E-state index is 13.4. The van der Waals surface area contributed by atoms with Crippen molar-refractivity contribution in [2.45, 2.75) is 32.0 Å². The molecule has 2 aromatic heterocycles. The van der Waals surface area contributed by atoms with Gasteiger partial charge in [0.25, 0.3) is 5.91 Å². The van der Waals surface area contributed by atoms with Crippen molar-refractivity contribution in [3.8, 4) is 0 Å². The van der Waals surface area contributed by atoms with E-state index in [0.29, 0.717) is 24.6 Å². The number of fused-ring (bicyclic) bond motifs is 1. The lowest BCUT2D eigenvalue weighted by atomic mass is 9.79. The van der Waals surface area contributed by atoms with Crippen LogP contribution in [0.2, 0.25) is 0 Å². The van der Waals surface area contributed by atoms with E-state index in [1.807, 2.05) is 18.2 Å². The number of pyridine rings is 2. The van der Waals surface area contributed by atoms with Crippen molar-refractivity contribution >= 4 is 17.4 Å². The number of hydrogen-bond acceptors (Lipinski definition) is 7. The predicted molar refractivity (Wildman–Crippen MR) is 136 cm³/mol. The topological polar surface area (TPSA) is 91.4 Å². The third-order valence-electron chi connectivity index (χ3n) is 6.73. The number of carbonyl (C=O) groups excluding carboxylic acids is 1. The lowest BCUT2D eigenvalue weighted by molar-refractivity contribution is 0.0216. The van der Waals surface area contributed by atoms with Crippen LogP contribution in [0, 0.1) is 0 Å². The lowest BCUT2D eigenvalue weighted by Crippen LogP contribution is -2.42. The minimum Gasteiger partial charge on any atom is -0.379 e. The number of ether oxygens (including phenoxy) is 1. The number of nitrogens with one attached hydrogen (secondary N) is 3. The van der Waals surface area contributed by atoms with E-state index in [0.717, 1.165) is 37.4 Å². The maximum Gasteiger partial charge on any atom is 0.259 e. The molecule has 35 heavy (non-hydrogen) atoms. The first kappa shape index (κ1) is 23.4. The second kappa shape index (κ2) is 10.1. The summed E-state index contributed by atoms with van der Waals surface area (Å²) in [4.78, 5) is 24.4. The molecule has 5 rings (SSSR count). The molecular weight excluding hydrogens is 440 g/mol. The van der Waals surface area contributed by atoms with Crippen molar-refractivity contribution in [1.82, 2.24) is 20.2 Å². The van der Waals surface area contributed by atoms with Gasteiger partial charge < -0.3 is 20.7 Å². The van der Waals surface area contributed by atoms with E-state index in [-0.39, 0.29) is 17.5 Å². The molecule has 8 heteroatoms. The molecular formula is C27H32N6O2. The highest BCUT2D eigenvalue weighted by Crippen LogP contribution is 2.32. The number of carbonyl (C=O) groups is 1. The van der Waals surface area contributed by atoms with Gasteiger partial charge in [0.05, 0.1) is 18.8 Å². The number of aromatic nitrogens is 2. The van der Waals surface area contributed by atoms with Gasteiger partial charge in [0.15, 0.2) is 0 Å². The Morgan fingerprint density at radius 2 is 1.91 bits per heavy atom. The van der Waals surface area contributed by atoms with E-state index in [2.05, 4.69) is 56.8 Å². The Hall–Kier alpha value is -3.33. The van der Waals surface area contributed by atoms with Crippen molar-refractivity contribution in [2.24, 2.45) is 0 Å². The van der Waals surface area contributed by atoms with Gasteiger partial charge >= 0.3 is 0 Å². The van der Waals surface area contributed by atoms with Gasteiger partial charge in [-0.1, -0.05) is 19.9 Å². The zero-order valence-electron chi connectivity index (χ0n) is 20.3. The molecule has 182 valence electrons. The highest BCUT2D eigenvalue weighted by molar-refractivity contribution is 6.07. The maximum atomic E-state index is 13.4. The minimum absolute atomic E-state index is 0.0675. The van der Waals surface area contributed by atoms with Gasteiger partial charge in [-0.2, -0.15) is 0 Å². The summed E-state index contributed by atoms with van der Waals surface area (Å²) >= 11 is 0. The summed E-state index contributed by atoms with van der Waals surface area (Å²) in [5, 5.41) is 10.1. The molecule has 0 radical (unpaired) electrons. The molecule has 2 aliphatic heterocycles. The van der Waals surface area contributed by atoms with Crippen LogP contribution in [0.4, 0.5) is 11.5 Å². The second-order valence-corrected chi connectivity index (χ2v) is 9.69. The number of benzene rings is 1. The van der Waals surface area contributed by atoms with Crippen LogP contribution in [-0.4, -0.2) is 53.6 Å². The Balaban J connectivity index is 1.39. The summed E-state index contributed by atoms with van der Waals surface area (Å²) in [5.74, 6) is 0.345. The molecule has 8 nitrogen and oxygen atoms in total. The first-order valence-corrected chi connectivity index (χ1v) is 12.1. The number of anilines is 2. The fourth-order valence-corrected chi connectivity index (χ4v) is 4.88. The molecule has 3 aromatic rings. The van der Waals surface area contributed by atoms with Crippen LogP contribution in [-0.2, 0) is 16.7 Å². The Kier molecular flexibility index (Phi) is 6.77. The van der Waals surface area contributed by atoms with E-state index < -0.39 is 0 Å². The number of hydrogen-bond donors (Lipinski definition) is 3. The highest BCUT2D eigenvalue weighted by Gasteiger charge is 2.28. The molecule has 1 atom stereocenters. The monoisotopic (exact) mass is 472 g/mol. The van der Waals surface area contributed by atoms with Gasteiger partial charge in [0, 0.05) is 55.9 Å². The summed E-state index contributed by atoms with van der Waals surface area (Å²) in [6, 6.07) is 13.7. The Bertz CT molecular complexity index is 1180. The van der Waals surface area contributed by atoms with E-state index in [4.69, 9.17) is 4.74 Å². The molecule has 0 spiro atoms. The van der Waals surface area contributed by atoms with Crippen molar-refractivity contribution < 1.29 is 9.53 Å². The normalized spacial score (nSPS) is 18.3. The van der Waals surface area contributed by atoms with Crippen LogP contribution in [0.1, 0.15) is 47.1 Å². The molecule has 1 unspecified atom stereocenters. The van der Waals surface area contributed by atoms with Crippen LogP contribution in [0.5, 0.6) is 0 Å². The molecule has 3 N–H and O–H groups in total. The largest absolute Gasteiger partial charge is 0.379 e. The second-order valence-electron chi connectivity index (χ2n) is 9.69. The molecule has 0 aliphatic carbocycles. The zero-order chi connectivity index (χ0) is 24.3. The molecule has 1 aromatic carbocycles. The Morgan fingerprint density at radius 1 is 1.11 bits per heavy atom. The lowest BCUT2D eigenvalue weighted by Gasteiger charge is -2.35. The van der Waals surface area contributed by atoms with Crippen molar-refractivity contribution in [2.75, 3.05) is 43.5 Å². The van der Waals surface area contributed by atoms with Gasteiger partial charge in [-0.25, -0.2) is 4.98 Å². The smallest absolute Gasteiger partial charge is 0.259 e. The molecule has 2 aliphatic rings. The molecule has 1 amide bonds. The van der Waals surface area contributed by atoms with E-state index >= 15 is 0 Å². The number of nitrogens with zero attached hydrogens (tertiary/aromatic N) is 3.